The number of nitrogens with one attached hydrogen (secondary N) is 1. The van der Waals surface area contributed by atoms with Crippen molar-refractivity contribution in [2.45, 2.75) is 45.3 Å². The maximum absolute atomic E-state index is 12.2. The normalized spacial score (nSPS) is 23.6. The van der Waals surface area contributed by atoms with E-state index >= 15 is 0 Å². The van der Waals surface area contributed by atoms with Crippen molar-refractivity contribution < 1.29 is 9.90 Å². The van der Waals surface area contributed by atoms with Gasteiger partial charge in [-0.1, -0.05) is 6.42 Å². The molecule has 2 amide bonds. The van der Waals surface area contributed by atoms with E-state index in [-0.39, 0.29) is 24.1 Å². The molecule has 4 nitrogen and oxygen atoms in total. The van der Waals surface area contributed by atoms with Crippen molar-refractivity contribution in [3.05, 3.63) is 21.9 Å². The number of aryl methyl sites for hydroxylation is 1. The molecule has 20 heavy (non-hydrogen) atoms. The number of hydrogen-bond acceptors (Lipinski definition) is 3. The molecule has 0 aromatic carbocycles. The summed E-state index contributed by atoms with van der Waals surface area (Å²) >= 11 is 1.71. The number of nitrogens with zero attached hydrogens (tertiary/aromatic N) is 1. The Balaban J connectivity index is 1.84. The number of urea groups is 1. The maximum atomic E-state index is 12.2. The molecule has 0 spiro atoms. The van der Waals surface area contributed by atoms with Gasteiger partial charge in [-0.2, -0.15) is 0 Å². The van der Waals surface area contributed by atoms with E-state index < -0.39 is 0 Å². The minimum atomic E-state index is -0.248. The summed E-state index contributed by atoms with van der Waals surface area (Å²) in [4.78, 5) is 16.3. The molecule has 1 aromatic rings. The van der Waals surface area contributed by atoms with Gasteiger partial charge in [-0.15, -0.1) is 11.3 Å². The maximum Gasteiger partial charge on any atom is 0.317 e. The lowest BCUT2D eigenvalue weighted by molar-refractivity contribution is 0.113. The van der Waals surface area contributed by atoms with Crippen LogP contribution in [0, 0.1) is 12.8 Å². The van der Waals surface area contributed by atoms with Crippen molar-refractivity contribution in [3.63, 3.8) is 0 Å². The Morgan fingerprint density at radius 1 is 1.55 bits per heavy atom. The van der Waals surface area contributed by atoms with Crippen molar-refractivity contribution in [2.24, 2.45) is 5.92 Å². The van der Waals surface area contributed by atoms with Gasteiger partial charge >= 0.3 is 6.03 Å². The number of hydrogen-bond donors (Lipinski definition) is 2. The number of carbonyl (C=O) groups excluding carboxylic acids is 1. The van der Waals surface area contributed by atoms with E-state index in [1.165, 1.54) is 9.75 Å². The first-order valence-electron chi connectivity index (χ1n) is 7.23. The van der Waals surface area contributed by atoms with E-state index in [1.54, 1.807) is 23.3 Å². The van der Waals surface area contributed by atoms with Crippen LogP contribution in [0.25, 0.3) is 0 Å². The Kier molecular flexibility index (Phi) is 5.05. The van der Waals surface area contributed by atoms with Gasteiger partial charge in [0.25, 0.3) is 0 Å². The van der Waals surface area contributed by atoms with Gasteiger partial charge in [0, 0.05) is 29.3 Å². The predicted octanol–water partition coefficient (Wildman–Crippen LogP) is 2.92. The summed E-state index contributed by atoms with van der Waals surface area (Å²) in [6.45, 7) is 4.70. The molecular weight excluding hydrogens is 272 g/mol. The van der Waals surface area contributed by atoms with Crippen LogP contribution in [0.2, 0.25) is 0 Å². The summed E-state index contributed by atoms with van der Waals surface area (Å²) in [6, 6.07) is 4.09. The molecule has 1 aliphatic carbocycles. The van der Waals surface area contributed by atoms with Crippen LogP contribution in [-0.4, -0.2) is 35.7 Å². The monoisotopic (exact) mass is 296 g/mol. The zero-order valence-electron chi connectivity index (χ0n) is 12.4. The van der Waals surface area contributed by atoms with Crippen molar-refractivity contribution in [2.75, 3.05) is 13.6 Å². The van der Waals surface area contributed by atoms with E-state index in [0.29, 0.717) is 6.54 Å². The Morgan fingerprint density at radius 2 is 2.30 bits per heavy atom. The van der Waals surface area contributed by atoms with Crippen LogP contribution in [0.3, 0.4) is 0 Å². The second kappa shape index (κ2) is 6.59. The largest absolute Gasteiger partial charge is 0.393 e. The van der Waals surface area contributed by atoms with Crippen LogP contribution in [0.15, 0.2) is 12.1 Å². The second-order valence-corrected chi connectivity index (χ2v) is 7.08. The lowest BCUT2D eigenvalue weighted by Gasteiger charge is -2.25. The van der Waals surface area contributed by atoms with Crippen molar-refractivity contribution in [1.29, 1.82) is 0 Å². The standard InChI is InChI=1S/C15H24N2O2S/c1-10-7-8-14(20-10)11(2)16-15(19)17(3)9-12-5-4-6-13(12)18/h7-8,11-13,18H,4-6,9H2,1-3H3,(H,16,19)/t11-,12+,13-/m0/s1. The highest BCUT2D eigenvalue weighted by Crippen LogP contribution is 2.26. The molecule has 112 valence electrons. The van der Waals surface area contributed by atoms with Gasteiger partial charge in [0.2, 0.25) is 0 Å². The number of carbonyl (C=O) groups is 1. The summed E-state index contributed by atoms with van der Waals surface area (Å²) in [6.07, 6.45) is 2.69. The first-order valence-corrected chi connectivity index (χ1v) is 8.05. The molecule has 1 aromatic heterocycles. The average Bonchev–Trinajstić information content (AvgIpc) is 2.99. The molecule has 1 heterocycles. The Hall–Kier alpha value is -1.07. The molecule has 2 rings (SSSR count). The highest BCUT2D eigenvalue weighted by Gasteiger charge is 2.27. The molecule has 0 radical (unpaired) electrons. The van der Waals surface area contributed by atoms with Crippen LogP contribution in [-0.2, 0) is 0 Å². The number of rotatable bonds is 4. The van der Waals surface area contributed by atoms with Gasteiger partial charge in [-0.05, 0) is 38.8 Å². The smallest absolute Gasteiger partial charge is 0.317 e. The molecule has 2 N–H and O–H groups in total. The van der Waals surface area contributed by atoms with Gasteiger partial charge in [0.1, 0.15) is 0 Å². The van der Waals surface area contributed by atoms with Crippen molar-refractivity contribution in [3.8, 4) is 0 Å². The molecule has 0 bridgehead atoms. The zero-order valence-corrected chi connectivity index (χ0v) is 13.2. The van der Waals surface area contributed by atoms with E-state index in [0.717, 1.165) is 19.3 Å². The number of aliphatic hydroxyl groups excluding tert-OH is 1. The van der Waals surface area contributed by atoms with Gasteiger partial charge < -0.3 is 15.3 Å². The molecular formula is C15H24N2O2S. The lowest BCUT2D eigenvalue weighted by Crippen LogP contribution is -2.41. The van der Waals surface area contributed by atoms with E-state index in [2.05, 4.69) is 24.4 Å². The van der Waals surface area contributed by atoms with E-state index in [9.17, 15) is 9.90 Å². The molecule has 1 aliphatic rings. The van der Waals surface area contributed by atoms with Gasteiger partial charge in [-0.25, -0.2) is 4.79 Å². The molecule has 5 heteroatoms. The number of aliphatic hydroxyl groups is 1. The summed E-state index contributed by atoms with van der Waals surface area (Å²) in [5, 5.41) is 12.8. The quantitative estimate of drug-likeness (QED) is 0.897. The summed E-state index contributed by atoms with van der Waals surface area (Å²) in [5.74, 6) is 0.227. The van der Waals surface area contributed by atoms with Gasteiger partial charge in [-0.3, -0.25) is 0 Å². The SMILES string of the molecule is Cc1ccc([C@H](C)NC(=O)N(C)C[C@H]2CCC[C@@H]2O)s1. The van der Waals surface area contributed by atoms with Crippen LogP contribution in [0.1, 0.15) is 42.0 Å². The van der Waals surface area contributed by atoms with Crippen LogP contribution in [0.5, 0.6) is 0 Å². The van der Waals surface area contributed by atoms with Crippen LogP contribution < -0.4 is 5.32 Å². The Morgan fingerprint density at radius 3 is 2.85 bits per heavy atom. The minimum Gasteiger partial charge on any atom is -0.393 e. The lowest BCUT2D eigenvalue weighted by atomic mass is 10.1. The number of amides is 2. The van der Waals surface area contributed by atoms with E-state index in [1.807, 2.05) is 6.92 Å². The fourth-order valence-electron chi connectivity index (χ4n) is 2.72. The second-order valence-electron chi connectivity index (χ2n) is 5.76. The van der Waals surface area contributed by atoms with Gasteiger partial charge in [0.05, 0.1) is 12.1 Å². The molecule has 1 saturated carbocycles. The third kappa shape index (κ3) is 3.73. The first kappa shape index (κ1) is 15.3. The Bertz CT molecular complexity index is 460. The highest BCUT2D eigenvalue weighted by molar-refractivity contribution is 7.12. The molecule has 0 saturated heterocycles. The summed E-state index contributed by atoms with van der Waals surface area (Å²) in [7, 11) is 1.80. The topological polar surface area (TPSA) is 52.6 Å². The van der Waals surface area contributed by atoms with Crippen molar-refractivity contribution in [1.82, 2.24) is 10.2 Å². The minimum absolute atomic E-state index is 0.0251. The zero-order chi connectivity index (χ0) is 14.7. The third-order valence-electron chi connectivity index (χ3n) is 4.00. The van der Waals surface area contributed by atoms with Crippen LogP contribution >= 0.6 is 11.3 Å². The third-order valence-corrected chi connectivity index (χ3v) is 5.19. The van der Waals surface area contributed by atoms with Gasteiger partial charge in [0.15, 0.2) is 0 Å². The van der Waals surface area contributed by atoms with Crippen molar-refractivity contribution >= 4 is 17.4 Å². The molecule has 3 atom stereocenters. The molecule has 0 unspecified atom stereocenters. The summed E-state index contributed by atoms with van der Waals surface area (Å²) in [5.41, 5.74) is 0. The fraction of sp³-hybridized carbons (Fsp3) is 0.667. The van der Waals surface area contributed by atoms with Crippen LogP contribution in [0.4, 0.5) is 4.79 Å². The molecule has 1 fully saturated rings. The average molecular weight is 296 g/mol. The Labute approximate surface area is 124 Å². The number of thiophene rings is 1. The van der Waals surface area contributed by atoms with E-state index in [4.69, 9.17) is 0 Å². The molecule has 0 aliphatic heterocycles. The first-order chi connectivity index (χ1) is 9.47. The fourth-order valence-corrected chi connectivity index (χ4v) is 3.60. The predicted molar refractivity (Wildman–Crippen MR) is 82.0 cm³/mol. The summed E-state index contributed by atoms with van der Waals surface area (Å²) < 4.78 is 0. The highest BCUT2D eigenvalue weighted by atomic mass is 32.1.